The topological polar surface area (TPSA) is 59.1 Å². The van der Waals surface area contributed by atoms with Crippen molar-refractivity contribution in [3.63, 3.8) is 0 Å². The number of aryl methyl sites for hydroxylation is 1. The molecule has 0 amide bonds. The van der Waals surface area contributed by atoms with Crippen molar-refractivity contribution in [3.05, 3.63) is 35.0 Å². The minimum Gasteiger partial charge on any atom is -0.495 e. The van der Waals surface area contributed by atoms with Gasteiger partial charge >= 0.3 is 0 Å². The standard InChI is InChI=1S/C15H19ClN4O/c1-9(2)17-14-7-10(3)18-15(20-14)19-12-8-11(16)5-6-13(12)21-4/h5-9H,1-4H3,(H2,17,18,19,20). The van der Waals surface area contributed by atoms with Crippen molar-refractivity contribution in [2.24, 2.45) is 0 Å². The van der Waals surface area contributed by atoms with Crippen molar-refractivity contribution in [2.45, 2.75) is 26.8 Å². The van der Waals surface area contributed by atoms with Crippen LogP contribution in [0.5, 0.6) is 5.75 Å². The van der Waals surface area contributed by atoms with Crippen molar-refractivity contribution in [1.82, 2.24) is 9.97 Å². The molecule has 0 unspecified atom stereocenters. The summed E-state index contributed by atoms with van der Waals surface area (Å²) in [6, 6.07) is 7.55. The fraction of sp³-hybridized carbons (Fsp3) is 0.333. The first-order chi connectivity index (χ1) is 9.97. The smallest absolute Gasteiger partial charge is 0.229 e. The minimum absolute atomic E-state index is 0.299. The minimum atomic E-state index is 0.299. The maximum Gasteiger partial charge on any atom is 0.229 e. The molecule has 6 heteroatoms. The Hall–Kier alpha value is -2.01. The van der Waals surface area contributed by atoms with Gasteiger partial charge in [0.1, 0.15) is 11.6 Å². The van der Waals surface area contributed by atoms with Gasteiger partial charge in [-0.3, -0.25) is 0 Å². The van der Waals surface area contributed by atoms with Crippen molar-refractivity contribution in [1.29, 1.82) is 0 Å². The molecule has 2 N–H and O–H groups in total. The van der Waals surface area contributed by atoms with Gasteiger partial charge < -0.3 is 15.4 Å². The van der Waals surface area contributed by atoms with E-state index in [9.17, 15) is 0 Å². The van der Waals surface area contributed by atoms with Crippen LogP contribution < -0.4 is 15.4 Å². The first kappa shape index (κ1) is 15.4. The summed E-state index contributed by atoms with van der Waals surface area (Å²) >= 11 is 6.02. The van der Waals surface area contributed by atoms with E-state index < -0.39 is 0 Å². The zero-order valence-corrected chi connectivity index (χ0v) is 13.3. The van der Waals surface area contributed by atoms with Gasteiger partial charge in [-0.1, -0.05) is 11.6 Å². The number of benzene rings is 1. The Bertz CT molecular complexity index is 631. The highest BCUT2D eigenvalue weighted by Gasteiger charge is 2.08. The van der Waals surface area contributed by atoms with Crippen LogP contribution in [-0.2, 0) is 0 Å². The molecule has 0 aliphatic heterocycles. The van der Waals surface area contributed by atoms with E-state index in [4.69, 9.17) is 16.3 Å². The first-order valence-corrected chi connectivity index (χ1v) is 7.08. The molecule has 0 bridgehead atoms. The van der Waals surface area contributed by atoms with Gasteiger partial charge in [0.2, 0.25) is 5.95 Å². The summed E-state index contributed by atoms with van der Waals surface area (Å²) in [4.78, 5) is 8.82. The van der Waals surface area contributed by atoms with Crippen LogP contribution in [0.4, 0.5) is 17.5 Å². The molecule has 1 aromatic carbocycles. The number of halogens is 1. The number of hydrogen-bond donors (Lipinski definition) is 2. The Morgan fingerprint density at radius 1 is 1.19 bits per heavy atom. The SMILES string of the molecule is COc1ccc(Cl)cc1Nc1nc(C)cc(NC(C)C)n1. The van der Waals surface area contributed by atoms with Crippen molar-refractivity contribution < 1.29 is 4.74 Å². The summed E-state index contributed by atoms with van der Waals surface area (Å²) in [6.45, 7) is 6.04. The molecule has 0 fully saturated rings. The van der Waals surface area contributed by atoms with Gasteiger partial charge in [-0.15, -0.1) is 0 Å². The first-order valence-electron chi connectivity index (χ1n) is 6.70. The molecule has 0 aliphatic carbocycles. The van der Waals surface area contributed by atoms with Crippen molar-refractivity contribution >= 4 is 29.1 Å². The van der Waals surface area contributed by atoms with Crippen LogP contribution in [0.2, 0.25) is 5.02 Å². The lowest BCUT2D eigenvalue weighted by molar-refractivity contribution is 0.417. The molecular weight excluding hydrogens is 288 g/mol. The Morgan fingerprint density at radius 2 is 1.95 bits per heavy atom. The van der Waals surface area contributed by atoms with Gasteiger partial charge in [0, 0.05) is 22.8 Å². The zero-order chi connectivity index (χ0) is 15.4. The summed E-state index contributed by atoms with van der Waals surface area (Å²) in [5.74, 6) is 1.96. The van der Waals surface area contributed by atoms with E-state index in [1.807, 2.05) is 13.0 Å². The second kappa shape index (κ2) is 6.63. The molecule has 5 nitrogen and oxygen atoms in total. The van der Waals surface area contributed by atoms with Crippen molar-refractivity contribution in [3.8, 4) is 5.75 Å². The largest absolute Gasteiger partial charge is 0.495 e. The van der Waals surface area contributed by atoms with Crippen LogP contribution in [0.15, 0.2) is 24.3 Å². The Balaban J connectivity index is 2.31. The van der Waals surface area contributed by atoms with Crippen LogP contribution in [0.1, 0.15) is 19.5 Å². The highest BCUT2D eigenvalue weighted by atomic mass is 35.5. The number of anilines is 3. The van der Waals surface area contributed by atoms with Crippen molar-refractivity contribution in [2.75, 3.05) is 17.7 Å². The van der Waals surface area contributed by atoms with Gasteiger partial charge in [-0.25, -0.2) is 4.98 Å². The summed E-state index contributed by atoms with van der Waals surface area (Å²) in [5.41, 5.74) is 1.60. The monoisotopic (exact) mass is 306 g/mol. The lowest BCUT2D eigenvalue weighted by atomic mass is 10.3. The zero-order valence-electron chi connectivity index (χ0n) is 12.6. The quantitative estimate of drug-likeness (QED) is 0.874. The Labute approximate surface area is 129 Å². The number of nitrogens with one attached hydrogen (secondary N) is 2. The number of rotatable bonds is 5. The van der Waals surface area contributed by atoms with Gasteiger partial charge in [-0.2, -0.15) is 4.98 Å². The van der Waals surface area contributed by atoms with Crippen LogP contribution in [0, 0.1) is 6.92 Å². The highest BCUT2D eigenvalue weighted by Crippen LogP contribution is 2.29. The van der Waals surface area contributed by atoms with Crippen LogP contribution in [-0.4, -0.2) is 23.1 Å². The third-order valence-electron chi connectivity index (χ3n) is 2.70. The molecule has 0 radical (unpaired) electrons. The normalized spacial score (nSPS) is 10.6. The van der Waals surface area contributed by atoms with Crippen LogP contribution >= 0.6 is 11.6 Å². The molecule has 0 saturated heterocycles. The number of hydrogen-bond acceptors (Lipinski definition) is 5. The van der Waals surface area contributed by atoms with Gasteiger partial charge in [0.25, 0.3) is 0 Å². The van der Waals surface area contributed by atoms with Gasteiger partial charge in [0.15, 0.2) is 0 Å². The molecule has 0 atom stereocenters. The number of aromatic nitrogens is 2. The summed E-state index contributed by atoms with van der Waals surface area (Å²) < 4.78 is 5.31. The summed E-state index contributed by atoms with van der Waals surface area (Å²) in [5, 5.41) is 7.03. The van der Waals surface area contributed by atoms with E-state index in [-0.39, 0.29) is 0 Å². The van der Waals surface area contributed by atoms with Crippen LogP contribution in [0.3, 0.4) is 0 Å². The second-order valence-electron chi connectivity index (χ2n) is 4.99. The molecule has 0 aliphatic rings. The van der Waals surface area contributed by atoms with E-state index in [2.05, 4.69) is 34.4 Å². The predicted octanol–water partition coefficient (Wildman–Crippen LogP) is 4.01. The van der Waals surface area contributed by atoms with E-state index in [1.165, 1.54) is 0 Å². The molecule has 0 spiro atoms. The summed E-state index contributed by atoms with van der Waals surface area (Å²) in [7, 11) is 1.61. The Kier molecular flexibility index (Phi) is 4.85. The number of ether oxygens (including phenoxy) is 1. The molecule has 1 heterocycles. The Morgan fingerprint density at radius 3 is 2.62 bits per heavy atom. The molecule has 2 aromatic rings. The third kappa shape index (κ3) is 4.23. The average molecular weight is 307 g/mol. The lowest BCUT2D eigenvalue weighted by Crippen LogP contribution is -2.12. The number of methoxy groups -OCH3 is 1. The maximum absolute atomic E-state index is 6.02. The molecule has 112 valence electrons. The molecular formula is C15H19ClN4O. The van der Waals surface area contributed by atoms with E-state index in [1.54, 1.807) is 25.3 Å². The van der Waals surface area contributed by atoms with Crippen LogP contribution in [0.25, 0.3) is 0 Å². The fourth-order valence-corrected chi connectivity index (χ4v) is 2.06. The van der Waals surface area contributed by atoms with Gasteiger partial charge in [0.05, 0.1) is 12.8 Å². The molecule has 21 heavy (non-hydrogen) atoms. The average Bonchev–Trinajstić information content (AvgIpc) is 2.37. The molecule has 2 rings (SSSR count). The maximum atomic E-state index is 6.02. The van der Waals surface area contributed by atoms with E-state index >= 15 is 0 Å². The predicted molar refractivity (Wildman–Crippen MR) is 86.8 cm³/mol. The third-order valence-corrected chi connectivity index (χ3v) is 2.93. The highest BCUT2D eigenvalue weighted by molar-refractivity contribution is 6.30. The second-order valence-corrected chi connectivity index (χ2v) is 5.42. The summed E-state index contributed by atoms with van der Waals surface area (Å²) in [6.07, 6.45) is 0. The van der Waals surface area contributed by atoms with E-state index in [0.717, 1.165) is 17.2 Å². The number of nitrogens with zero attached hydrogens (tertiary/aromatic N) is 2. The molecule has 1 aromatic heterocycles. The van der Waals surface area contributed by atoms with E-state index in [0.29, 0.717) is 22.8 Å². The van der Waals surface area contributed by atoms with Gasteiger partial charge in [-0.05, 0) is 39.0 Å². The molecule has 0 saturated carbocycles. The lowest BCUT2D eigenvalue weighted by Gasteiger charge is -2.13. The fourth-order valence-electron chi connectivity index (χ4n) is 1.89.